The summed E-state index contributed by atoms with van der Waals surface area (Å²) < 4.78 is 31.4. The number of nitrogens with one attached hydrogen (secondary N) is 1. The first kappa shape index (κ1) is 17.8. The molecular weight excluding hydrogens is 348 g/mol. The Labute approximate surface area is 148 Å². The molecule has 1 aromatic heterocycles. The van der Waals surface area contributed by atoms with Gasteiger partial charge in [0.2, 0.25) is 0 Å². The van der Waals surface area contributed by atoms with Crippen LogP contribution in [0, 0.1) is 17.6 Å². The molecule has 0 spiro atoms. The molecule has 1 aliphatic rings. The molecule has 2 heterocycles. The zero-order valence-corrected chi connectivity index (χ0v) is 14.6. The molecule has 0 aliphatic carbocycles. The van der Waals surface area contributed by atoms with Crippen LogP contribution in [0.15, 0.2) is 23.7 Å². The van der Waals surface area contributed by atoms with Crippen LogP contribution in [-0.2, 0) is 11.3 Å². The van der Waals surface area contributed by atoms with Crippen LogP contribution in [0.2, 0.25) is 0 Å². The number of thiazole rings is 1. The highest BCUT2D eigenvalue weighted by Crippen LogP contribution is 2.25. The zero-order valence-electron chi connectivity index (χ0n) is 13.8. The number of hydrogen-bond donors (Lipinski definition) is 1. The Bertz CT molecular complexity index is 753. The Kier molecular flexibility index (Phi) is 5.60. The van der Waals surface area contributed by atoms with E-state index in [-0.39, 0.29) is 11.8 Å². The van der Waals surface area contributed by atoms with E-state index in [0.29, 0.717) is 36.0 Å². The lowest BCUT2D eigenvalue weighted by atomic mass is 10.1. The van der Waals surface area contributed by atoms with Crippen molar-refractivity contribution in [2.45, 2.75) is 13.0 Å². The number of rotatable bonds is 6. The molecular formula is C17H19F2N3O2S. The quantitative estimate of drug-likeness (QED) is 0.853. The third-order valence-corrected chi connectivity index (χ3v) is 5.10. The maximum absolute atomic E-state index is 13.4. The van der Waals surface area contributed by atoms with Gasteiger partial charge in [0.05, 0.1) is 17.8 Å². The molecule has 1 aliphatic heterocycles. The first-order valence-corrected chi connectivity index (χ1v) is 8.86. The minimum Gasteiger partial charge on any atom is -0.378 e. The van der Waals surface area contributed by atoms with Crippen molar-refractivity contribution in [1.82, 2.24) is 10.3 Å². The third-order valence-electron chi connectivity index (χ3n) is 4.23. The van der Waals surface area contributed by atoms with Crippen LogP contribution in [0.25, 0.3) is 0 Å². The van der Waals surface area contributed by atoms with Crippen LogP contribution in [0.3, 0.4) is 0 Å². The lowest BCUT2D eigenvalue weighted by molar-refractivity contribution is 0.0947. The van der Waals surface area contributed by atoms with Crippen molar-refractivity contribution in [3.8, 4) is 0 Å². The highest BCUT2D eigenvalue weighted by molar-refractivity contribution is 7.11. The van der Waals surface area contributed by atoms with E-state index >= 15 is 0 Å². The number of nitrogens with zero attached hydrogens (tertiary/aromatic N) is 2. The van der Waals surface area contributed by atoms with Crippen LogP contribution < -0.4 is 10.2 Å². The van der Waals surface area contributed by atoms with E-state index in [1.807, 2.05) is 4.90 Å². The van der Waals surface area contributed by atoms with Gasteiger partial charge in [0.25, 0.3) is 5.91 Å². The van der Waals surface area contributed by atoms with Crippen molar-refractivity contribution in [2.24, 2.45) is 5.92 Å². The Hall–Kier alpha value is -2.06. The van der Waals surface area contributed by atoms with Gasteiger partial charge in [0.1, 0.15) is 4.88 Å². The maximum Gasteiger partial charge on any atom is 0.263 e. The van der Waals surface area contributed by atoms with Gasteiger partial charge in [-0.05, 0) is 24.5 Å². The Balaban J connectivity index is 1.54. The number of anilines is 1. The predicted molar refractivity (Wildman–Crippen MR) is 91.8 cm³/mol. The Morgan fingerprint density at radius 2 is 2.28 bits per heavy atom. The number of amides is 1. The summed E-state index contributed by atoms with van der Waals surface area (Å²) in [5.74, 6) is -1.58. The lowest BCUT2D eigenvalue weighted by Gasteiger charge is -2.19. The van der Waals surface area contributed by atoms with E-state index in [1.54, 1.807) is 18.7 Å². The van der Waals surface area contributed by atoms with Crippen LogP contribution in [-0.4, -0.2) is 37.6 Å². The molecule has 25 heavy (non-hydrogen) atoms. The van der Waals surface area contributed by atoms with Gasteiger partial charge >= 0.3 is 0 Å². The summed E-state index contributed by atoms with van der Waals surface area (Å²) in [6, 6.07) is 3.93. The molecule has 1 N–H and O–H groups in total. The Morgan fingerprint density at radius 1 is 1.44 bits per heavy atom. The summed E-state index contributed by atoms with van der Waals surface area (Å²) in [5.41, 5.74) is 2.93. The summed E-state index contributed by atoms with van der Waals surface area (Å²) in [4.78, 5) is 19.0. The van der Waals surface area contributed by atoms with E-state index in [9.17, 15) is 13.6 Å². The van der Waals surface area contributed by atoms with Crippen LogP contribution >= 0.6 is 11.3 Å². The molecule has 3 rings (SSSR count). The number of ether oxygens (including phenoxy) is 1. The summed E-state index contributed by atoms with van der Waals surface area (Å²) >= 11 is 1.29. The van der Waals surface area contributed by atoms with Gasteiger partial charge in [-0.1, -0.05) is 0 Å². The number of carbonyl (C=O) groups is 1. The number of carbonyl (C=O) groups excluding carboxylic acids is 1. The van der Waals surface area contributed by atoms with Crippen molar-refractivity contribution in [1.29, 1.82) is 0 Å². The SMILES string of the molecule is COCc1ncsc1C(=O)NCC1CCN(c2ccc(F)c(F)c2)C1. The minimum absolute atomic E-state index is 0.152. The van der Waals surface area contributed by atoms with Crippen molar-refractivity contribution < 1.29 is 18.3 Å². The normalized spacial score (nSPS) is 17.1. The highest BCUT2D eigenvalue weighted by atomic mass is 32.1. The molecule has 1 unspecified atom stereocenters. The fourth-order valence-electron chi connectivity index (χ4n) is 2.93. The summed E-state index contributed by atoms with van der Waals surface area (Å²) in [5, 5.41) is 2.93. The van der Waals surface area contributed by atoms with Crippen LogP contribution in [0.1, 0.15) is 21.8 Å². The second-order valence-corrected chi connectivity index (χ2v) is 6.83. The van der Waals surface area contributed by atoms with Gasteiger partial charge in [0.15, 0.2) is 11.6 Å². The molecule has 1 fully saturated rings. The third kappa shape index (κ3) is 4.13. The van der Waals surface area contributed by atoms with E-state index < -0.39 is 11.6 Å². The van der Waals surface area contributed by atoms with E-state index in [0.717, 1.165) is 19.0 Å². The van der Waals surface area contributed by atoms with Crippen LogP contribution in [0.4, 0.5) is 14.5 Å². The number of benzene rings is 1. The van der Waals surface area contributed by atoms with E-state index in [4.69, 9.17) is 4.74 Å². The molecule has 1 saturated heterocycles. The molecule has 5 nitrogen and oxygen atoms in total. The summed E-state index contributed by atoms with van der Waals surface area (Å²) in [6.45, 7) is 2.28. The van der Waals surface area contributed by atoms with Gasteiger partial charge in [-0.3, -0.25) is 4.79 Å². The number of hydrogen-bond acceptors (Lipinski definition) is 5. The second kappa shape index (κ2) is 7.88. The van der Waals surface area contributed by atoms with Gasteiger partial charge in [-0.15, -0.1) is 11.3 Å². The molecule has 1 amide bonds. The topological polar surface area (TPSA) is 54.5 Å². The highest BCUT2D eigenvalue weighted by Gasteiger charge is 2.24. The van der Waals surface area contributed by atoms with E-state index in [2.05, 4.69) is 10.3 Å². The first-order chi connectivity index (χ1) is 12.1. The molecule has 2 aromatic rings. The van der Waals surface area contributed by atoms with Crippen molar-refractivity contribution in [2.75, 3.05) is 31.6 Å². The average Bonchev–Trinajstić information content (AvgIpc) is 3.25. The minimum atomic E-state index is -0.844. The standard InChI is InChI=1S/C17H19F2N3O2S/c1-24-9-15-16(25-10-21-15)17(23)20-7-11-4-5-22(8-11)12-2-3-13(18)14(19)6-12/h2-3,6,10-11H,4-5,7-9H2,1H3,(H,20,23). The molecule has 0 bridgehead atoms. The van der Waals surface area contributed by atoms with Gasteiger partial charge in [-0.2, -0.15) is 0 Å². The molecule has 1 aromatic carbocycles. The largest absolute Gasteiger partial charge is 0.378 e. The van der Waals surface area contributed by atoms with Gasteiger partial charge in [-0.25, -0.2) is 13.8 Å². The number of methoxy groups -OCH3 is 1. The molecule has 0 radical (unpaired) electrons. The molecule has 0 saturated carbocycles. The fourth-order valence-corrected chi connectivity index (χ4v) is 3.64. The first-order valence-electron chi connectivity index (χ1n) is 7.98. The fraction of sp³-hybridized carbons (Fsp3) is 0.412. The monoisotopic (exact) mass is 367 g/mol. The molecule has 134 valence electrons. The van der Waals surface area contributed by atoms with Gasteiger partial charge < -0.3 is 15.0 Å². The van der Waals surface area contributed by atoms with Crippen molar-refractivity contribution in [3.63, 3.8) is 0 Å². The predicted octanol–water partition coefficient (Wildman–Crippen LogP) is 2.82. The smallest absolute Gasteiger partial charge is 0.263 e. The van der Waals surface area contributed by atoms with Crippen LogP contribution in [0.5, 0.6) is 0 Å². The lowest BCUT2D eigenvalue weighted by Crippen LogP contribution is -2.31. The van der Waals surface area contributed by atoms with Crippen molar-refractivity contribution in [3.05, 3.63) is 45.9 Å². The maximum atomic E-state index is 13.4. The van der Waals surface area contributed by atoms with E-state index in [1.165, 1.54) is 17.4 Å². The second-order valence-electron chi connectivity index (χ2n) is 5.97. The number of aromatic nitrogens is 1. The zero-order chi connectivity index (χ0) is 17.8. The molecule has 8 heteroatoms. The van der Waals surface area contributed by atoms with Crippen molar-refractivity contribution >= 4 is 22.9 Å². The summed E-state index contributed by atoms with van der Waals surface area (Å²) in [7, 11) is 1.56. The Morgan fingerprint density at radius 3 is 3.04 bits per heavy atom. The average molecular weight is 367 g/mol. The summed E-state index contributed by atoms with van der Waals surface area (Å²) in [6.07, 6.45) is 0.882. The number of halogens is 2. The van der Waals surface area contributed by atoms with Gasteiger partial charge in [0, 0.05) is 38.5 Å². The molecule has 1 atom stereocenters.